The molecular weight excluding hydrogens is 324 g/mol. The van der Waals surface area contributed by atoms with E-state index in [9.17, 15) is 4.79 Å². The number of amides is 1. The molecule has 0 fully saturated rings. The van der Waals surface area contributed by atoms with Crippen LogP contribution in [0.4, 0.5) is 11.5 Å². The normalized spacial score (nSPS) is 16.4. The molecule has 1 aromatic heterocycles. The molecule has 2 heterocycles. The first kappa shape index (κ1) is 17.5. The number of rotatable bonds is 5. The summed E-state index contributed by atoms with van der Waals surface area (Å²) in [6, 6.07) is 13.7. The van der Waals surface area contributed by atoms with Gasteiger partial charge in [-0.05, 0) is 54.5 Å². The topological polar surface area (TPSA) is 57.3 Å². The van der Waals surface area contributed by atoms with Crippen LogP contribution in [-0.2, 0) is 4.79 Å². The van der Waals surface area contributed by atoms with E-state index in [4.69, 9.17) is 0 Å². The molecule has 0 radical (unpaired) electrons. The summed E-state index contributed by atoms with van der Waals surface area (Å²) < 4.78 is 0. The van der Waals surface area contributed by atoms with Crippen LogP contribution in [0.1, 0.15) is 18.5 Å². The molecule has 1 aromatic carbocycles. The Kier molecular flexibility index (Phi) is 5.17. The summed E-state index contributed by atoms with van der Waals surface area (Å²) >= 11 is 0. The zero-order chi connectivity index (χ0) is 18.5. The maximum atomic E-state index is 11.6. The number of hydrogen-bond donors (Lipinski definition) is 2. The molecule has 1 amide bonds. The quantitative estimate of drug-likeness (QED) is 0.801. The van der Waals surface area contributed by atoms with E-state index in [1.165, 1.54) is 6.08 Å². The Hall–Kier alpha value is -3.34. The maximum Gasteiger partial charge on any atom is 0.247 e. The molecular formula is C21H22N4O. The van der Waals surface area contributed by atoms with Crippen LogP contribution >= 0.6 is 0 Å². The molecule has 1 atom stereocenters. The van der Waals surface area contributed by atoms with E-state index in [0.717, 1.165) is 28.5 Å². The summed E-state index contributed by atoms with van der Waals surface area (Å²) in [4.78, 5) is 18.0. The molecule has 2 N–H and O–H groups in total. The van der Waals surface area contributed by atoms with Crippen molar-refractivity contribution in [2.75, 3.05) is 17.7 Å². The Bertz CT molecular complexity index is 871. The fraction of sp³-hybridized carbons (Fsp3) is 0.143. The zero-order valence-corrected chi connectivity index (χ0v) is 14.9. The largest absolute Gasteiger partial charge is 0.351 e. The van der Waals surface area contributed by atoms with E-state index in [-0.39, 0.29) is 11.9 Å². The van der Waals surface area contributed by atoms with Gasteiger partial charge in [0.2, 0.25) is 5.91 Å². The van der Waals surface area contributed by atoms with Gasteiger partial charge in [0.15, 0.2) is 0 Å². The minimum Gasteiger partial charge on any atom is -0.351 e. The average Bonchev–Trinajstić information content (AvgIpc) is 2.65. The highest BCUT2D eigenvalue weighted by molar-refractivity contribution is 5.98. The van der Waals surface area contributed by atoms with Crippen LogP contribution in [0.25, 0.3) is 0 Å². The van der Waals surface area contributed by atoms with E-state index in [1.54, 1.807) is 6.20 Å². The summed E-state index contributed by atoms with van der Waals surface area (Å²) in [5, 5.41) is 6.18. The van der Waals surface area contributed by atoms with Crippen LogP contribution in [0.15, 0.2) is 84.9 Å². The summed E-state index contributed by atoms with van der Waals surface area (Å²) in [6.07, 6.45) is 7.31. The summed E-state index contributed by atoms with van der Waals surface area (Å²) in [6.45, 7) is 5.56. The molecule has 1 aliphatic heterocycles. The second-order valence-corrected chi connectivity index (χ2v) is 6.15. The van der Waals surface area contributed by atoms with Gasteiger partial charge in [-0.15, -0.1) is 0 Å². The maximum absolute atomic E-state index is 11.6. The van der Waals surface area contributed by atoms with Crippen LogP contribution in [-0.4, -0.2) is 22.8 Å². The smallest absolute Gasteiger partial charge is 0.247 e. The molecule has 1 unspecified atom stereocenters. The molecule has 0 saturated heterocycles. The van der Waals surface area contributed by atoms with Crippen molar-refractivity contribution in [2.45, 2.75) is 13.0 Å². The molecule has 3 rings (SSSR count). The number of carbonyl (C=O) groups excluding carboxylic acids is 1. The second-order valence-electron chi connectivity index (χ2n) is 6.15. The van der Waals surface area contributed by atoms with Crippen LogP contribution in [0.2, 0.25) is 0 Å². The second kappa shape index (κ2) is 7.70. The Labute approximate surface area is 153 Å². The van der Waals surface area contributed by atoms with Crippen molar-refractivity contribution in [1.29, 1.82) is 0 Å². The van der Waals surface area contributed by atoms with Crippen molar-refractivity contribution in [2.24, 2.45) is 0 Å². The number of likely N-dealkylation sites (N-methyl/N-ethyl adjacent to an activating group) is 1. The first-order valence-corrected chi connectivity index (χ1v) is 8.41. The first-order chi connectivity index (χ1) is 12.6. The van der Waals surface area contributed by atoms with Gasteiger partial charge in [0, 0.05) is 18.9 Å². The van der Waals surface area contributed by atoms with E-state index < -0.39 is 0 Å². The summed E-state index contributed by atoms with van der Waals surface area (Å²) in [5.41, 5.74) is 3.00. The number of allylic oxidation sites excluding steroid dienone is 2. The minimum atomic E-state index is -0.219. The third-order valence-corrected chi connectivity index (χ3v) is 4.18. The van der Waals surface area contributed by atoms with Crippen molar-refractivity contribution in [3.63, 3.8) is 0 Å². The lowest BCUT2D eigenvalue weighted by Gasteiger charge is -2.34. The molecule has 26 heavy (non-hydrogen) atoms. The number of anilines is 2. The Morgan fingerprint density at radius 1 is 1.27 bits per heavy atom. The van der Waals surface area contributed by atoms with E-state index >= 15 is 0 Å². The van der Waals surface area contributed by atoms with Crippen LogP contribution in [0.3, 0.4) is 0 Å². The van der Waals surface area contributed by atoms with Gasteiger partial charge in [0.25, 0.3) is 0 Å². The number of hydrogen-bond acceptors (Lipinski definition) is 4. The lowest BCUT2D eigenvalue weighted by Crippen LogP contribution is -2.29. The summed E-state index contributed by atoms with van der Waals surface area (Å²) in [5.74, 6) is 1.54. The van der Waals surface area contributed by atoms with Gasteiger partial charge < -0.3 is 15.5 Å². The highest BCUT2D eigenvalue weighted by atomic mass is 16.1. The standard InChI is InChI=1S/C21H22N4O/c1-4-21(26)23-17-9-7-8-16(14-17)18-12-15(2)13-20(25(18)3)24-19-10-5-6-11-22-19/h4-14,18H,1H2,2-3H3,(H,22,24)(H,23,26). The average molecular weight is 346 g/mol. The molecule has 0 spiro atoms. The molecule has 132 valence electrons. The van der Waals surface area contributed by atoms with Gasteiger partial charge in [-0.1, -0.05) is 30.9 Å². The number of pyridine rings is 1. The van der Waals surface area contributed by atoms with Crippen molar-refractivity contribution < 1.29 is 4.79 Å². The number of benzene rings is 1. The van der Waals surface area contributed by atoms with Gasteiger partial charge in [-0.25, -0.2) is 4.98 Å². The molecule has 0 saturated carbocycles. The van der Waals surface area contributed by atoms with E-state index in [1.807, 2.05) is 43.4 Å². The third-order valence-electron chi connectivity index (χ3n) is 4.18. The summed E-state index contributed by atoms with van der Waals surface area (Å²) in [7, 11) is 2.03. The van der Waals surface area contributed by atoms with Crippen molar-refractivity contribution >= 4 is 17.4 Å². The van der Waals surface area contributed by atoms with Crippen molar-refractivity contribution in [3.8, 4) is 0 Å². The zero-order valence-electron chi connectivity index (χ0n) is 14.9. The predicted octanol–water partition coefficient (Wildman–Crippen LogP) is 4.09. The van der Waals surface area contributed by atoms with Gasteiger partial charge in [0.1, 0.15) is 11.6 Å². The number of nitrogens with one attached hydrogen (secondary N) is 2. The number of nitrogens with zero attached hydrogens (tertiary/aromatic N) is 2. The minimum absolute atomic E-state index is 0.0480. The molecule has 1 aliphatic rings. The lowest BCUT2D eigenvalue weighted by atomic mass is 9.99. The third kappa shape index (κ3) is 4.00. The first-order valence-electron chi connectivity index (χ1n) is 8.41. The Morgan fingerprint density at radius 2 is 2.12 bits per heavy atom. The van der Waals surface area contributed by atoms with Crippen LogP contribution in [0, 0.1) is 0 Å². The number of carbonyl (C=O) groups is 1. The highest BCUT2D eigenvalue weighted by Crippen LogP contribution is 2.31. The fourth-order valence-corrected chi connectivity index (χ4v) is 2.88. The number of aromatic nitrogens is 1. The molecule has 5 heteroatoms. The van der Waals surface area contributed by atoms with Gasteiger partial charge in [0.05, 0.1) is 6.04 Å². The molecule has 0 bridgehead atoms. The fourth-order valence-electron chi connectivity index (χ4n) is 2.88. The monoisotopic (exact) mass is 346 g/mol. The Balaban J connectivity index is 1.85. The van der Waals surface area contributed by atoms with Gasteiger partial charge >= 0.3 is 0 Å². The van der Waals surface area contributed by atoms with Crippen molar-refractivity contribution in [3.05, 3.63) is 90.4 Å². The molecule has 0 aliphatic carbocycles. The van der Waals surface area contributed by atoms with Crippen LogP contribution < -0.4 is 10.6 Å². The molecule has 2 aromatic rings. The van der Waals surface area contributed by atoms with Gasteiger partial charge in [-0.2, -0.15) is 0 Å². The van der Waals surface area contributed by atoms with Crippen molar-refractivity contribution in [1.82, 2.24) is 9.88 Å². The lowest BCUT2D eigenvalue weighted by molar-refractivity contribution is -0.111. The predicted molar refractivity (Wildman–Crippen MR) is 105 cm³/mol. The SMILES string of the molecule is C=CC(=O)Nc1cccc(C2C=C(C)C=C(Nc3ccccn3)N2C)c1. The van der Waals surface area contributed by atoms with E-state index in [0.29, 0.717) is 0 Å². The van der Waals surface area contributed by atoms with E-state index in [2.05, 4.69) is 52.2 Å². The van der Waals surface area contributed by atoms with Crippen LogP contribution in [0.5, 0.6) is 0 Å². The van der Waals surface area contributed by atoms with Gasteiger partial charge in [-0.3, -0.25) is 4.79 Å². The molecule has 5 nitrogen and oxygen atoms in total. The Morgan fingerprint density at radius 3 is 2.85 bits per heavy atom. The highest BCUT2D eigenvalue weighted by Gasteiger charge is 2.21.